The van der Waals surface area contributed by atoms with Gasteiger partial charge in [0.25, 0.3) is 5.91 Å². The number of carbonyl (C=O) groups is 3. The maximum Gasteiger partial charge on any atom is 0.308 e. The predicted octanol–water partition coefficient (Wildman–Crippen LogP) is 2.71. The molecule has 3 rings (SSSR count). The first-order chi connectivity index (χ1) is 13.9. The molecule has 0 radical (unpaired) electrons. The smallest absolute Gasteiger partial charge is 0.308 e. The highest BCUT2D eigenvalue weighted by molar-refractivity contribution is 5.95. The molecule has 2 aromatic carbocycles. The van der Waals surface area contributed by atoms with Crippen molar-refractivity contribution in [3.05, 3.63) is 65.5 Å². The van der Waals surface area contributed by atoms with Crippen molar-refractivity contribution in [3.63, 3.8) is 0 Å². The molecule has 2 aromatic rings. The summed E-state index contributed by atoms with van der Waals surface area (Å²) in [7, 11) is 0. The van der Waals surface area contributed by atoms with Gasteiger partial charge in [0.15, 0.2) is 0 Å². The first-order valence-corrected chi connectivity index (χ1v) is 9.52. The zero-order valence-electron chi connectivity index (χ0n) is 16.2. The summed E-state index contributed by atoms with van der Waals surface area (Å²) in [6.45, 7) is 2.37. The topological polar surface area (TPSA) is 75.7 Å². The van der Waals surface area contributed by atoms with Crippen molar-refractivity contribution < 1.29 is 23.5 Å². The summed E-state index contributed by atoms with van der Waals surface area (Å²) >= 11 is 0. The lowest BCUT2D eigenvalue weighted by atomic mass is 10.0. The van der Waals surface area contributed by atoms with Gasteiger partial charge in [-0.05, 0) is 48.7 Å². The third-order valence-corrected chi connectivity index (χ3v) is 4.79. The molecule has 0 spiro atoms. The van der Waals surface area contributed by atoms with Crippen LogP contribution in [0, 0.1) is 5.82 Å². The van der Waals surface area contributed by atoms with Gasteiger partial charge in [-0.2, -0.15) is 0 Å². The van der Waals surface area contributed by atoms with Crippen LogP contribution in [-0.2, 0) is 16.0 Å². The van der Waals surface area contributed by atoms with Gasteiger partial charge in [-0.25, -0.2) is 4.39 Å². The molecule has 152 valence electrons. The number of piperidine rings is 1. The molecule has 0 aromatic heterocycles. The highest BCUT2D eigenvalue weighted by Gasteiger charge is 2.24. The van der Waals surface area contributed by atoms with Gasteiger partial charge in [-0.1, -0.05) is 18.2 Å². The summed E-state index contributed by atoms with van der Waals surface area (Å²) in [4.78, 5) is 37.7. The number of nitrogens with zero attached hydrogens (tertiary/aromatic N) is 1. The summed E-state index contributed by atoms with van der Waals surface area (Å²) in [5.74, 6) is -0.770. The Morgan fingerprint density at radius 1 is 1.10 bits per heavy atom. The van der Waals surface area contributed by atoms with Gasteiger partial charge in [0.05, 0.1) is 6.42 Å². The van der Waals surface area contributed by atoms with Crippen LogP contribution in [0.25, 0.3) is 0 Å². The largest absolute Gasteiger partial charge is 0.427 e. The quantitative estimate of drug-likeness (QED) is 0.621. The second-order valence-corrected chi connectivity index (χ2v) is 7.06. The fraction of sp³-hybridized carbons (Fsp3) is 0.318. The van der Waals surface area contributed by atoms with Crippen LogP contribution in [0.2, 0.25) is 0 Å². The Hall–Kier alpha value is -3.22. The van der Waals surface area contributed by atoms with Gasteiger partial charge in [-0.15, -0.1) is 0 Å². The highest BCUT2D eigenvalue weighted by atomic mass is 19.1. The fourth-order valence-corrected chi connectivity index (χ4v) is 3.34. The van der Waals surface area contributed by atoms with E-state index in [2.05, 4.69) is 5.32 Å². The van der Waals surface area contributed by atoms with Gasteiger partial charge < -0.3 is 15.0 Å². The summed E-state index contributed by atoms with van der Waals surface area (Å²) in [6.07, 6.45) is 1.45. The first kappa shape index (κ1) is 20.5. The molecule has 1 fully saturated rings. The van der Waals surface area contributed by atoms with Crippen molar-refractivity contribution in [2.75, 3.05) is 13.1 Å². The van der Waals surface area contributed by atoms with Crippen LogP contribution in [0.1, 0.15) is 35.7 Å². The molecule has 0 atom stereocenters. The number of amides is 2. The van der Waals surface area contributed by atoms with Crippen LogP contribution in [0.5, 0.6) is 5.75 Å². The van der Waals surface area contributed by atoms with Crippen LogP contribution in [0.4, 0.5) is 4.39 Å². The van der Waals surface area contributed by atoms with E-state index < -0.39 is 5.97 Å². The maximum atomic E-state index is 13.3. The standard InChI is InChI=1S/C22H23FN2O4/c1-15(26)29-20-7-3-5-17(14-20)22(28)24-19-8-10-25(11-9-19)21(27)13-16-4-2-6-18(23)12-16/h2-7,12,14,19H,8-11,13H2,1H3,(H,24,28). The number of hydrogen-bond acceptors (Lipinski definition) is 4. The number of halogens is 1. The molecule has 7 heteroatoms. The minimum absolute atomic E-state index is 0.0434. The van der Waals surface area contributed by atoms with Gasteiger partial charge in [0.1, 0.15) is 11.6 Å². The minimum Gasteiger partial charge on any atom is -0.427 e. The Morgan fingerprint density at radius 3 is 2.52 bits per heavy atom. The lowest BCUT2D eigenvalue weighted by Gasteiger charge is -2.32. The summed E-state index contributed by atoms with van der Waals surface area (Å²) in [5.41, 5.74) is 1.06. The Balaban J connectivity index is 1.50. The van der Waals surface area contributed by atoms with Crippen molar-refractivity contribution in [1.82, 2.24) is 10.2 Å². The molecule has 1 aliphatic heterocycles. The van der Waals surface area contributed by atoms with E-state index in [1.54, 1.807) is 35.2 Å². The maximum absolute atomic E-state index is 13.3. The van der Waals surface area contributed by atoms with E-state index in [1.165, 1.54) is 25.1 Å². The monoisotopic (exact) mass is 398 g/mol. The highest BCUT2D eigenvalue weighted by Crippen LogP contribution is 2.16. The second kappa shape index (κ2) is 9.32. The average molecular weight is 398 g/mol. The van der Waals surface area contributed by atoms with Crippen LogP contribution in [0.15, 0.2) is 48.5 Å². The zero-order valence-corrected chi connectivity index (χ0v) is 16.2. The van der Waals surface area contributed by atoms with Crippen molar-refractivity contribution in [1.29, 1.82) is 0 Å². The molecule has 29 heavy (non-hydrogen) atoms. The van der Waals surface area contributed by atoms with Crippen molar-refractivity contribution >= 4 is 17.8 Å². The molecule has 1 heterocycles. The summed E-state index contributed by atoms with van der Waals surface area (Å²) < 4.78 is 18.3. The number of ether oxygens (including phenoxy) is 1. The lowest BCUT2D eigenvalue weighted by Crippen LogP contribution is -2.47. The van der Waals surface area contributed by atoms with E-state index in [0.29, 0.717) is 42.8 Å². The minimum atomic E-state index is -0.446. The van der Waals surface area contributed by atoms with E-state index in [1.807, 2.05) is 0 Å². The lowest BCUT2D eigenvalue weighted by molar-refractivity contribution is -0.132. The van der Waals surface area contributed by atoms with Crippen molar-refractivity contribution in [2.24, 2.45) is 0 Å². The molecule has 1 aliphatic rings. The number of nitrogens with one attached hydrogen (secondary N) is 1. The molecule has 0 aliphatic carbocycles. The Morgan fingerprint density at radius 2 is 1.83 bits per heavy atom. The molecule has 2 amide bonds. The SMILES string of the molecule is CC(=O)Oc1cccc(C(=O)NC2CCN(C(=O)Cc3cccc(F)c3)CC2)c1. The number of likely N-dealkylation sites (tertiary alicyclic amines) is 1. The van der Waals surface area contributed by atoms with Crippen LogP contribution in [0.3, 0.4) is 0 Å². The van der Waals surface area contributed by atoms with E-state index in [0.717, 1.165) is 0 Å². The van der Waals surface area contributed by atoms with Gasteiger partial charge in [-0.3, -0.25) is 14.4 Å². The van der Waals surface area contributed by atoms with E-state index >= 15 is 0 Å². The van der Waals surface area contributed by atoms with Crippen LogP contribution >= 0.6 is 0 Å². The molecule has 0 unspecified atom stereocenters. The summed E-state index contributed by atoms with van der Waals surface area (Å²) in [5, 5.41) is 2.97. The summed E-state index contributed by atoms with van der Waals surface area (Å²) in [6, 6.07) is 12.4. The molecule has 0 bridgehead atoms. The number of carbonyl (C=O) groups excluding carboxylic acids is 3. The zero-order chi connectivity index (χ0) is 20.8. The predicted molar refractivity (Wildman–Crippen MR) is 105 cm³/mol. The average Bonchev–Trinajstić information content (AvgIpc) is 2.68. The molecule has 1 N–H and O–H groups in total. The molecule has 0 saturated carbocycles. The van der Waals surface area contributed by atoms with E-state index in [-0.39, 0.29) is 30.1 Å². The van der Waals surface area contributed by atoms with E-state index in [9.17, 15) is 18.8 Å². The normalized spacial score (nSPS) is 14.3. The van der Waals surface area contributed by atoms with Crippen LogP contribution < -0.4 is 10.1 Å². The second-order valence-electron chi connectivity index (χ2n) is 7.06. The number of hydrogen-bond donors (Lipinski definition) is 1. The molecule has 6 nitrogen and oxygen atoms in total. The number of rotatable bonds is 5. The number of benzene rings is 2. The van der Waals surface area contributed by atoms with Gasteiger partial charge in [0.2, 0.25) is 5.91 Å². The third kappa shape index (κ3) is 5.88. The van der Waals surface area contributed by atoms with Gasteiger partial charge >= 0.3 is 5.97 Å². The van der Waals surface area contributed by atoms with Gasteiger partial charge in [0, 0.05) is 31.6 Å². The fourth-order valence-electron chi connectivity index (χ4n) is 3.34. The molecular weight excluding hydrogens is 375 g/mol. The molecular formula is C22H23FN2O4. The van der Waals surface area contributed by atoms with E-state index in [4.69, 9.17) is 4.74 Å². The molecule has 1 saturated heterocycles. The third-order valence-electron chi connectivity index (χ3n) is 4.79. The van der Waals surface area contributed by atoms with Crippen molar-refractivity contribution in [2.45, 2.75) is 32.2 Å². The van der Waals surface area contributed by atoms with Crippen LogP contribution in [-0.4, -0.2) is 41.8 Å². The Bertz CT molecular complexity index is 907. The first-order valence-electron chi connectivity index (χ1n) is 9.52. The Kier molecular flexibility index (Phi) is 6.59. The Labute approximate surface area is 168 Å². The van der Waals surface area contributed by atoms with Crippen molar-refractivity contribution in [3.8, 4) is 5.75 Å². The number of esters is 1.